The molecule has 1 aliphatic rings. The number of para-hydroxylation sites is 1. The molecule has 2 heteroatoms. The van der Waals surface area contributed by atoms with Crippen molar-refractivity contribution >= 4 is 71.2 Å². The molecule has 0 bridgehead atoms. The maximum atomic E-state index is 2.49. The molecule has 0 amide bonds. The molecule has 0 spiro atoms. The Morgan fingerprint density at radius 2 is 1.02 bits per heavy atom. The van der Waals surface area contributed by atoms with Gasteiger partial charge in [0, 0.05) is 33.4 Å². The van der Waals surface area contributed by atoms with Crippen LogP contribution in [0.5, 0.6) is 0 Å². The molecule has 0 saturated heterocycles. The monoisotopic (exact) mass is 710 g/mol. The molecule has 0 saturated carbocycles. The van der Waals surface area contributed by atoms with E-state index in [1.807, 2.05) is 0 Å². The molecule has 0 fully saturated rings. The number of nitrogens with zero attached hydrogens (tertiary/aromatic N) is 2. The van der Waals surface area contributed by atoms with E-state index in [4.69, 9.17) is 0 Å². The smallest absolute Gasteiger partial charge is 0.0546 e. The van der Waals surface area contributed by atoms with E-state index in [0.717, 1.165) is 22.7 Å². The van der Waals surface area contributed by atoms with Gasteiger partial charge in [0.15, 0.2) is 0 Å². The highest BCUT2D eigenvalue weighted by molar-refractivity contribution is 6.26. The Bertz CT molecular complexity index is 3370. The van der Waals surface area contributed by atoms with Crippen LogP contribution in [-0.2, 0) is 0 Å². The van der Waals surface area contributed by atoms with Crippen LogP contribution in [0.25, 0.3) is 93.2 Å². The lowest BCUT2D eigenvalue weighted by Gasteiger charge is -2.28. The van der Waals surface area contributed by atoms with Crippen molar-refractivity contribution in [3.8, 4) is 39.1 Å². The third-order valence-electron chi connectivity index (χ3n) is 11.8. The van der Waals surface area contributed by atoms with Gasteiger partial charge in [-0.2, -0.15) is 0 Å². The van der Waals surface area contributed by atoms with E-state index < -0.39 is 0 Å². The molecule has 10 aromatic carbocycles. The van der Waals surface area contributed by atoms with Crippen LogP contribution in [0.15, 0.2) is 206 Å². The van der Waals surface area contributed by atoms with E-state index in [9.17, 15) is 0 Å². The van der Waals surface area contributed by atoms with Gasteiger partial charge >= 0.3 is 0 Å². The summed E-state index contributed by atoms with van der Waals surface area (Å²) >= 11 is 0. The third kappa shape index (κ3) is 4.57. The fourth-order valence-electron chi connectivity index (χ4n) is 9.40. The van der Waals surface area contributed by atoms with Crippen LogP contribution in [0.4, 0.5) is 17.1 Å². The molecule has 260 valence electrons. The lowest BCUT2D eigenvalue weighted by molar-refractivity contribution is 1.18. The molecule has 56 heavy (non-hydrogen) atoms. The molecular weight excluding hydrogens is 677 g/mol. The molecule has 2 nitrogen and oxygen atoms in total. The summed E-state index contributed by atoms with van der Waals surface area (Å²) < 4.78 is 2.42. The van der Waals surface area contributed by atoms with Crippen LogP contribution < -0.4 is 4.90 Å². The normalized spacial score (nSPS) is 11.9. The standard InChI is InChI=1S/C54H34N2/c1-2-13-35(14-3-1)38-18-10-20-41(32-38)55(51-26-12-24-47-53(51)46-23-11-19-40-31-39-17-6-7-21-44(39)54(47)52(40)46)43-29-30-50-48(34-43)45-22-8-9-25-49(45)56(50)42-28-27-36-15-4-5-16-37(36)33-42/h1-34H. The molecule has 1 heterocycles. The Morgan fingerprint density at radius 3 is 1.93 bits per heavy atom. The quantitative estimate of drug-likeness (QED) is 0.161. The van der Waals surface area contributed by atoms with Gasteiger partial charge in [0.05, 0.1) is 16.7 Å². The summed E-state index contributed by atoms with van der Waals surface area (Å²) in [5.74, 6) is 0. The molecule has 0 radical (unpaired) electrons. The molecule has 0 N–H and O–H groups in total. The fraction of sp³-hybridized carbons (Fsp3) is 0. The van der Waals surface area contributed by atoms with Crippen LogP contribution in [0.1, 0.15) is 0 Å². The van der Waals surface area contributed by atoms with Crippen molar-refractivity contribution < 1.29 is 0 Å². The number of rotatable bonds is 5. The Morgan fingerprint density at radius 1 is 0.339 bits per heavy atom. The lowest BCUT2D eigenvalue weighted by atomic mass is 9.96. The third-order valence-corrected chi connectivity index (χ3v) is 11.8. The number of fused-ring (bicyclic) bond motifs is 9. The van der Waals surface area contributed by atoms with Gasteiger partial charge in [-0.15, -0.1) is 0 Å². The van der Waals surface area contributed by atoms with Gasteiger partial charge in [-0.1, -0.05) is 146 Å². The minimum absolute atomic E-state index is 1.12. The first kappa shape index (κ1) is 31.0. The van der Waals surface area contributed by atoms with Crippen molar-refractivity contribution in [3.63, 3.8) is 0 Å². The largest absolute Gasteiger partial charge is 0.310 e. The molecule has 1 aliphatic carbocycles. The zero-order valence-corrected chi connectivity index (χ0v) is 30.5. The second-order valence-corrected chi connectivity index (χ2v) is 14.9. The summed E-state index contributed by atoms with van der Waals surface area (Å²) in [6, 6.07) is 75.8. The number of aromatic nitrogens is 1. The van der Waals surface area contributed by atoms with Crippen LogP contribution >= 0.6 is 0 Å². The maximum Gasteiger partial charge on any atom is 0.0546 e. The van der Waals surface area contributed by atoms with E-state index in [1.54, 1.807) is 0 Å². The van der Waals surface area contributed by atoms with Gasteiger partial charge in [-0.05, 0) is 121 Å². The van der Waals surface area contributed by atoms with Gasteiger partial charge in [-0.25, -0.2) is 0 Å². The molecular formula is C54H34N2. The van der Waals surface area contributed by atoms with Gasteiger partial charge < -0.3 is 9.47 Å². The van der Waals surface area contributed by atoms with Gasteiger partial charge in [-0.3, -0.25) is 0 Å². The predicted molar refractivity (Wildman–Crippen MR) is 238 cm³/mol. The highest BCUT2D eigenvalue weighted by Gasteiger charge is 2.29. The second kappa shape index (κ2) is 12.0. The van der Waals surface area contributed by atoms with Crippen LogP contribution in [-0.4, -0.2) is 4.57 Å². The lowest BCUT2D eigenvalue weighted by Crippen LogP contribution is -2.11. The summed E-state index contributed by atoms with van der Waals surface area (Å²) in [6.45, 7) is 0. The van der Waals surface area contributed by atoms with Crippen molar-refractivity contribution in [2.24, 2.45) is 0 Å². The van der Waals surface area contributed by atoms with Gasteiger partial charge in [0.1, 0.15) is 0 Å². The predicted octanol–water partition coefficient (Wildman–Crippen LogP) is 15.0. The van der Waals surface area contributed by atoms with Gasteiger partial charge in [0.2, 0.25) is 0 Å². The first-order valence-corrected chi connectivity index (χ1v) is 19.3. The first-order chi connectivity index (χ1) is 27.8. The Kier molecular flexibility index (Phi) is 6.66. The van der Waals surface area contributed by atoms with Crippen LogP contribution in [0, 0.1) is 0 Å². The van der Waals surface area contributed by atoms with Crippen LogP contribution in [0.2, 0.25) is 0 Å². The van der Waals surface area contributed by atoms with Crippen molar-refractivity contribution in [1.82, 2.24) is 4.57 Å². The number of anilines is 3. The molecule has 0 atom stereocenters. The molecule has 0 unspecified atom stereocenters. The topological polar surface area (TPSA) is 8.17 Å². The highest BCUT2D eigenvalue weighted by Crippen LogP contribution is 2.55. The number of benzene rings is 10. The summed E-state index contributed by atoms with van der Waals surface area (Å²) in [5.41, 5.74) is 14.5. The van der Waals surface area contributed by atoms with E-state index in [-0.39, 0.29) is 0 Å². The molecule has 11 aromatic rings. The molecule has 1 aromatic heterocycles. The average molecular weight is 711 g/mol. The van der Waals surface area contributed by atoms with E-state index in [2.05, 4.69) is 216 Å². The van der Waals surface area contributed by atoms with E-state index in [0.29, 0.717) is 0 Å². The number of hydrogen-bond acceptors (Lipinski definition) is 1. The molecule has 0 aliphatic heterocycles. The Balaban J connectivity index is 1.13. The average Bonchev–Trinajstić information content (AvgIpc) is 3.78. The van der Waals surface area contributed by atoms with Crippen molar-refractivity contribution in [3.05, 3.63) is 206 Å². The zero-order chi connectivity index (χ0) is 36.7. The van der Waals surface area contributed by atoms with Crippen molar-refractivity contribution in [1.29, 1.82) is 0 Å². The summed E-state index contributed by atoms with van der Waals surface area (Å²) in [4.78, 5) is 2.49. The summed E-state index contributed by atoms with van der Waals surface area (Å²) in [5, 5.41) is 10.1. The maximum absolute atomic E-state index is 2.49. The summed E-state index contributed by atoms with van der Waals surface area (Å²) in [6.07, 6.45) is 0. The van der Waals surface area contributed by atoms with Crippen molar-refractivity contribution in [2.45, 2.75) is 0 Å². The SMILES string of the molecule is c1ccc(-c2cccc(N(c3ccc4c(c3)c3ccccc3n4-c3ccc4ccccc4c3)c3cccc4c3-c3cccc5cc6ccccc6c-4c35)c2)cc1. The first-order valence-electron chi connectivity index (χ1n) is 19.3. The Hall–Kier alpha value is -7.42. The second-order valence-electron chi connectivity index (χ2n) is 14.9. The van der Waals surface area contributed by atoms with E-state index in [1.165, 1.54) is 87.5 Å². The minimum Gasteiger partial charge on any atom is -0.310 e. The van der Waals surface area contributed by atoms with Crippen LogP contribution in [0.3, 0.4) is 0 Å². The van der Waals surface area contributed by atoms with Crippen molar-refractivity contribution in [2.75, 3.05) is 4.90 Å². The Labute approximate surface area is 324 Å². The fourth-order valence-corrected chi connectivity index (χ4v) is 9.40. The molecule has 12 rings (SSSR count). The summed E-state index contributed by atoms with van der Waals surface area (Å²) in [7, 11) is 0. The zero-order valence-electron chi connectivity index (χ0n) is 30.5. The highest BCUT2D eigenvalue weighted by atomic mass is 15.1. The van der Waals surface area contributed by atoms with E-state index >= 15 is 0 Å². The van der Waals surface area contributed by atoms with Gasteiger partial charge in [0.25, 0.3) is 0 Å². The number of hydrogen-bond donors (Lipinski definition) is 0. The minimum atomic E-state index is 1.12.